The maximum Gasteiger partial charge on any atom is 0.158 e. The van der Waals surface area contributed by atoms with Gasteiger partial charge in [0.15, 0.2) is 5.15 Å². The number of nitrogens with zero attached hydrogens (tertiary/aromatic N) is 2. The van der Waals surface area contributed by atoms with Crippen LogP contribution in [0.15, 0.2) is 18.2 Å². The van der Waals surface area contributed by atoms with Crippen LogP contribution in [-0.4, -0.2) is 16.3 Å². The van der Waals surface area contributed by atoms with Gasteiger partial charge in [-0.2, -0.15) is 5.10 Å². The second-order valence-corrected chi connectivity index (χ2v) is 4.49. The molecular formula is C12H16ClN3. The van der Waals surface area contributed by atoms with Gasteiger partial charge in [-0.05, 0) is 30.5 Å². The van der Waals surface area contributed by atoms with Crippen molar-refractivity contribution in [1.82, 2.24) is 9.78 Å². The summed E-state index contributed by atoms with van der Waals surface area (Å²) < 4.78 is 1.85. The molecule has 2 rings (SSSR count). The molecule has 3 nitrogen and oxygen atoms in total. The van der Waals surface area contributed by atoms with E-state index in [1.54, 1.807) is 0 Å². The first-order chi connectivity index (χ1) is 7.65. The van der Waals surface area contributed by atoms with Crippen LogP contribution < -0.4 is 5.73 Å². The van der Waals surface area contributed by atoms with Crippen LogP contribution in [0.25, 0.3) is 10.9 Å². The number of fused-ring (bicyclic) bond motifs is 1. The van der Waals surface area contributed by atoms with Gasteiger partial charge >= 0.3 is 0 Å². The second kappa shape index (κ2) is 4.44. The van der Waals surface area contributed by atoms with Gasteiger partial charge in [0, 0.05) is 12.4 Å². The number of para-hydroxylation sites is 1. The van der Waals surface area contributed by atoms with Crippen LogP contribution in [-0.2, 0) is 7.05 Å². The topological polar surface area (TPSA) is 43.8 Å². The largest absolute Gasteiger partial charge is 0.330 e. The average molecular weight is 238 g/mol. The predicted octanol–water partition coefficient (Wildman–Crippen LogP) is 2.68. The number of aryl methyl sites for hydroxylation is 1. The van der Waals surface area contributed by atoms with Crippen molar-refractivity contribution in [2.75, 3.05) is 6.54 Å². The van der Waals surface area contributed by atoms with E-state index in [2.05, 4.69) is 18.1 Å². The number of benzene rings is 1. The van der Waals surface area contributed by atoms with E-state index in [0.717, 1.165) is 17.3 Å². The van der Waals surface area contributed by atoms with Gasteiger partial charge in [-0.3, -0.25) is 4.68 Å². The maximum absolute atomic E-state index is 6.07. The van der Waals surface area contributed by atoms with E-state index < -0.39 is 0 Å². The lowest BCUT2D eigenvalue weighted by molar-refractivity contribution is 0.686. The Kier molecular flexibility index (Phi) is 3.17. The highest BCUT2D eigenvalue weighted by Crippen LogP contribution is 2.30. The molecule has 4 heteroatoms. The number of nitrogens with two attached hydrogens (primary N) is 1. The Morgan fingerprint density at radius 1 is 1.50 bits per heavy atom. The maximum atomic E-state index is 6.07. The SMILES string of the molecule is CC(CCN)c1cccc2c(Cl)nn(C)c12. The van der Waals surface area contributed by atoms with Crippen LogP contribution in [0, 0.1) is 0 Å². The molecule has 1 atom stereocenters. The molecule has 0 radical (unpaired) electrons. The number of hydrogen-bond acceptors (Lipinski definition) is 2. The fourth-order valence-corrected chi connectivity index (χ4v) is 2.39. The summed E-state index contributed by atoms with van der Waals surface area (Å²) in [6.07, 6.45) is 0.974. The molecule has 86 valence electrons. The second-order valence-electron chi connectivity index (χ2n) is 4.14. The van der Waals surface area contributed by atoms with Crippen molar-refractivity contribution in [1.29, 1.82) is 0 Å². The standard InChI is InChI=1S/C12H16ClN3/c1-8(6-7-14)9-4-3-5-10-11(9)16(2)15-12(10)13/h3-5,8H,6-7,14H2,1-2H3. The molecule has 1 unspecified atom stereocenters. The molecule has 1 heterocycles. The molecule has 0 bridgehead atoms. The third-order valence-electron chi connectivity index (χ3n) is 2.98. The highest BCUT2D eigenvalue weighted by atomic mass is 35.5. The first-order valence-electron chi connectivity index (χ1n) is 5.46. The van der Waals surface area contributed by atoms with Gasteiger partial charge in [0.2, 0.25) is 0 Å². The van der Waals surface area contributed by atoms with Crippen LogP contribution in [0.3, 0.4) is 0 Å². The van der Waals surface area contributed by atoms with Gasteiger partial charge in [-0.15, -0.1) is 0 Å². The van der Waals surface area contributed by atoms with Gasteiger partial charge in [-0.1, -0.05) is 30.7 Å². The normalized spacial score (nSPS) is 13.2. The molecule has 0 aliphatic rings. The molecule has 0 aliphatic carbocycles. The summed E-state index contributed by atoms with van der Waals surface area (Å²) in [5.41, 5.74) is 7.99. The van der Waals surface area contributed by atoms with Crippen molar-refractivity contribution in [2.45, 2.75) is 19.3 Å². The average Bonchev–Trinajstić information content (AvgIpc) is 2.55. The number of halogens is 1. The zero-order valence-corrected chi connectivity index (χ0v) is 10.3. The van der Waals surface area contributed by atoms with E-state index in [-0.39, 0.29) is 0 Å². The number of aromatic nitrogens is 2. The molecule has 2 N–H and O–H groups in total. The third-order valence-corrected chi connectivity index (χ3v) is 3.26. The summed E-state index contributed by atoms with van der Waals surface area (Å²) in [7, 11) is 1.92. The Balaban J connectivity index is 2.61. The minimum atomic E-state index is 0.431. The molecule has 0 saturated heterocycles. The van der Waals surface area contributed by atoms with Crippen LogP contribution in [0.4, 0.5) is 0 Å². The summed E-state index contributed by atoms with van der Waals surface area (Å²) in [6.45, 7) is 2.88. The molecule has 0 fully saturated rings. The molecule has 1 aromatic heterocycles. The lowest BCUT2D eigenvalue weighted by Gasteiger charge is -2.12. The third kappa shape index (κ3) is 1.81. The van der Waals surface area contributed by atoms with Crippen LogP contribution >= 0.6 is 11.6 Å². The van der Waals surface area contributed by atoms with Gasteiger partial charge in [0.05, 0.1) is 5.52 Å². The van der Waals surface area contributed by atoms with Crippen molar-refractivity contribution >= 4 is 22.5 Å². The Morgan fingerprint density at radius 3 is 2.94 bits per heavy atom. The van der Waals surface area contributed by atoms with E-state index >= 15 is 0 Å². The van der Waals surface area contributed by atoms with Gasteiger partial charge in [-0.25, -0.2) is 0 Å². The Labute approximate surface area is 100 Å². The minimum Gasteiger partial charge on any atom is -0.330 e. The monoisotopic (exact) mass is 237 g/mol. The van der Waals surface area contributed by atoms with Crippen molar-refractivity contribution in [3.05, 3.63) is 28.9 Å². The molecule has 1 aromatic carbocycles. The lowest BCUT2D eigenvalue weighted by atomic mass is 9.96. The minimum absolute atomic E-state index is 0.431. The zero-order valence-electron chi connectivity index (χ0n) is 9.57. The number of hydrogen-bond donors (Lipinski definition) is 1. The van der Waals surface area contributed by atoms with Crippen molar-refractivity contribution in [2.24, 2.45) is 12.8 Å². The molecule has 2 aromatic rings. The van der Waals surface area contributed by atoms with E-state index in [1.165, 1.54) is 5.56 Å². The summed E-state index contributed by atoms with van der Waals surface area (Å²) in [5, 5.41) is 5.83. The molecular weight excluding hydrogens is 222 g/mol. The smallest absolute Gasteiger partial charge is 0.158 e. The summed E-state index contributed by atoms with van der Waals surface area (Å²) in [5.74, 6) is 0.431. The van der Waals surface area contributed by atoms with Crippen LogP contribution in [0.5, 0.6) is 0 Å². The van der Waals surface area contributed by atoms with Gasteiger partial charge < -0.3 is 5.73 Å². The fourth-order valence-electron chi connectivity index (χ4n) is 2.13. The Bertz CT molecular complexity index is 504. The molecule has 0 aliphatic heterocycles. The molecule has 16 heavy (non-hydrogen) atoms. The van der Waals surface area contributed by atoms with Gasteiger partial charge in [0.25, 0.3) is 0 Å². The zero-order chi connectivity index (χ0) is 11.7. The summed E-state index contributed by atoms with van der Waals surface area (Å²) in [6, 6.07) is 6.16. The Hall–Kier alpha value is -1.06. The first-order valence-corrected chi connectivity index (χ1v) is 5.84. The van der Waals surface area contributed by atoms with Crippen LogP contribution in [0.1, 0.15) is 24.8 Å². The molecule has 0 amide bonds. The highest BCUT2D eigenvalue weighted by molar-refractivity contribution is 6.34. The van der Waals surface area contributed by atoms with E-state index in [1.807, 2.05) is 23.9 Å². The van der Waals surface area contributed by atoms with Crippen LogP contribution in [0.2, 0.25) is 5.15 Å². The Morgan fingerprint density at radius 2 is 2.25 bits per heavy atom. The molecule has 0 spiro atoms. The predicted molar refractivity (Wildman–Crippen MR) is 67.8 cm³/mol. The highest BCUT2D eigenvalue weighted by Gasteiger charge is 2.14. The van der Waals surface area contributed by atoms with E-state index in [0.29, 0.717) is 17.6 Å². The van der Waals surface area contributed by atoms with E-state index in [4.69, 9.17) is 17.3 Å². The summed E-state index contributed by atoms with van der Waals surface area (Å²) >= 11 is 6.07. The summed E-state index contributed by atoms with van der Waals surface area (Å²) in [4.78, 5) is 0. The van der Waals surface area contributed by atoms with Crippen molar-refractivity contribution < 1.29 is 0 Å². The van der Waals surface area contributed by atoms with Crippen molar-refractivity contribution in [3.63, 3.8) is 0 Å². The lowest BCUT2D eigenvalue weighted by Crippen LogP contribution is -2.06. The van der Waals surface area contributed by atoms with Crippen molar-refractivity contribution in [3.8, 4) is 0 Å². The first kappa shape index (κ1) is 11.4. The number of rotatable bonds is 3. The van der Waals surface area contributed by atoms with E-state index in [9.17, 15) is 0 Å². The van der Waals surface area contributed by atoms with Gasteiger partial charge in [0.1, 0.15) is 0 Å². The fraction of sp³-hybridized carbons (Fsp3) is 0.417. The molecule has 0 saturated carbocycles. The quantitative estimate of drug-likeness (QED) is 0.892.